The zero-order chi connectivity index (χ0) is 11.6. The van der Waals surface area contributed by atoms with E-state index in [1.54, 1.807) is 0 Å². The minimum absolute atomic E-state index is 0.548. The van der Waals surface area contributed by atoms with Gasteiger partial charge in [0.15, 0.2) is 0 Å². The van der Waals surface area contributed by atoms with Crippen molar-refractivity contribution in [2.45, 2.75) is 70.3 Å². The van der Waals surface area contributed by atoms with Gasteiger partial charge in [-0.15, -0.1) is 6.58 Å². The van der Waals surface area contributed by atoms with Crippen LogP contribution < -0.4 is 11.3 Å². The maximum atomic E-state index is 5.63. The van der Waals surface area contributed by atoms with Gasteiger partial charge < -0.3 is 0 Å². The van der Waals surface area contributed by atoms with Crippen LogP contribution in [-0.4, -0.2) is 6.04 Å². The molecular weight excluding hydrogens is 196 g/mol. The molecule has 0 aliphatic heterocycles. The molecule has 2 nitrogen and oxygen atoms in total. The summed E-state index contributed by atoms with van der Waals surface area (Å²) < 4.78 is 0. The van der Waals surface area contributed by atoms with E-state index in [1.165, 1.54) is 57.8 Å². The number of rotatable bonds is 9. The predicted octanol–water partition coefficient (Wildman–Crippen LogP) is 3.54. The Morgan fingerprint density at radius 1 is 1.25 bits per heavy atom. The van der Waals surface area contributed by atoms with Crippen LogP contribution in [0.25, 0.3) is 0 Å². The third-order valence-electron chi connectivity index (χ3n) is 3.79. The topological polar surface area (TPSA) is 38.0 Å². The van der Waals surface area contributed by atoms with Gasteiger partial charge in [0.05, 0.1) is 0 Å². The summed E-state index contributed by atoms with van der Waals surface area (Å²) in [7, 11) is 0. The molecule has 16 heavy (non-hydrogen) atoms. The van der Waals surface area contributed by atoms with Crippen molar-refractivity contribution in [2.75, 3.05) is 0 Å². The minimum atomic E-state index is 0.548. The largest absolute Gasteiger partial charge is 0.271 e. The van der Waals surface area contributed by atoms with Crippen LogP contribution >= 0.6 is 0 Å². The first-order valence-corrected chi connectivity index (χ1v) is 6.94. The highest BCUT2D eigenvalue weighted by Gasteiger charge is 2.18. The summed E-state index contributed by atoms with van der Waals surface area (Å²) >= 11 is 0. The molecule has 0 aromatic heterocycles. The van der Waals surface area contributed by atoms with Crippen LogP contribution in [-0.2, 0) is 0 Å². The second-order valence-corrected chi connectivity index (χ2v) is 5.18. The Balaban J connectivity index is 2.03. The van der Waals surface area contributed by atoms with Crippen LogP contribution in [0, 0.1) is 5.92 Å². The molecule has 1 rings (SSSR count). The molecular formula is C14H28N2. The monoisotopic (exact) mass is 224 g/mol. The van der Waals surface area contributed by atoms with Gasteiger partial charge in [0.25, 0.3) is 0 Å². The fourth-order valence-corrected chi connectivity index (χ4v) is 2.77. The Bertz CT molecular complexity index is 174. The third-order valence-corrected chi connectivity index (χ3v) is 3.79. The van der Waals surface area contributed by atoms with Crippen molar-refractivity contribution >= 4 is 0 Å². The lowest BCUT2D eigenvalue weighted by molar-refractivity contribution is 0.365. The fourth-order valence-electron chi connectivity index (χ4n) is 2.77. The standard InChI is InChI=1S/C14H28N2/c1-2-3-4-5-6-11-14(16-15)12-13-9-7-8-10-13/h2,13-14,16H,1,3-12,15H2. The third kappa shape index (κ3) is 5.66. The van der Waals surface area contributed by atoms with Crippen LogP contribution in [0.4, 0.5) is 0 Å². The lowest BCUT2D eigenvalue weighted by Crippen LogP contribution is -2.36. The Kier molecular flexibility index (Phi) is 7.52. The van der Waals surface area contributed by atoms with Crippen LogP contribution in [0.5, 0.6) is 0 Å². The number of hydrogen-bond acceptors (Lipinski definition) is 2. The molecule has 0 saturated heterocycles. The van der Waals surface area contributed by atoms with Crippen molar-refractivity contribution in [2.24, 2.45) is 11.8 Å². The van der Waals surface area contributed by atoms with E-state index in [0.717, 1.165) is 12.3 Å². The quantitative estimate of drug-likeness (QED) is 0.272. The highest BCUT2D eigenvalue weighted by atomic mass is 15.2. The Morgan fingerprint density at radius 3 is 2.62 bits per heavy atom. The number of unbranched alkanes of at least 4 members (excludes halogenated alkanes) is 3. The highest BCUT2D eigenvalue weighted by molar-refractivity contribution is 4.74. The molecule has 0 aromatic rings. The molecule has 1 atom stereocenters. The molecule has 0 amide bonds. The number of hydrogen-bond donors (Lipinski definition) is 2. The highest BCUT2D eigenvalue weighted by Crippen LogP contribution is 2.29. The molecule has 0 spiro atoms. The van der Waals surface area contributed by atoms with Crippen molar-refractivity contribution in [3.8, 4) is 0 Å². The first kappa shape index (κ1) is 13.7. The molecule has 0 radical (unpaired) electrons. The molecule has 1 aliphatic carbocycles. The molecule has 1 fully saturated rings. The van der Waals surface area contributed by atoms with E-state index in [9.17, 15) is 0 Å². The fraction of sp³-hybridized carbons (Fsp3) is 0.857. The Morgan fingerprint density at radius 2 is 2.00 bits per heavy atom. The van der Waals surface area contributed by atoms with Gasteiger partial charge in [-0.25, -0.2) is 0 Å². The van der Waals surface area contributed by atoms with E-state index in [4.69, 9.17) is 5.84 Å². The molecule has 1 unspecified atom stereocenters. The zero-order valence-corrected chi connectivity index (χ0v) is 10.6. The summed E-state index contributed by atoms with van der Waals surface area (Å²) in [6, 6.07) is 0.548. The van der Waals surface area contributed by atoms with Crippen molar-refractivity contribution in [1.82, 2.24) is 5.43 Å². The van der Waals surface area contributed by atoms with Gasteiger partial charge in [-0.1, -0.05) is 44.6 Å². The predicted molar refractivity (Wildman–Crippen MR) is 71.0 cm³/mol. The van der Waals surface area contributed by atoms with E-state index in [1.807, 2.05) is 6.08 Å². The van der Waals surface area contributed by atoms with E-state index in [2.05, 4.69) is 12.0 Å². The summed E-state index contributed by atoms with van der Waals surface area (Å²) in [6.07, 6.45) is 15.3. The lowest BCUT2D eigenvalue weighted by Gasteiger charge is -2.19. The van der Waals surface area contributed by atoms with Crippen LogP contribution in [0.15, 0.2) is 12.7 Å². The van der Waals surface area contributed by atoms with Gasteiger partial charge >= 0.3 is 0 Å². The van der Waals surface area contributed by atoms with E-state index >= 15 is 0 Å². The van der Waals surface area contributed by atoms with Gasteiger partial charge in [-0.2, -0.15) is 0 Å². The number of nitrogens with two attached hydrogens (primary N) is 1. The van der Waals surface area contributed by atoms with Gasteiger partial charge in [0.1, 0.15) is 0 Å². The number of allylic oxidation sites excluding steroid dienone is 1. The minimum Gasteiger partial charge on any atom is -0.271 e. The molecule has 1 aliphatic rings. The van der Waals surface area contributed by atoms with Gasteiger partial charge in [-0.3, -0.25) is 11.3 Å². The smallest absolute Gasteiger partial charge is 0.0213 e. The first-order chi connectivity index (χ1) is 7.86. The van der Waals surface area contributed by atoms with Crippen molar-refractivity contribution in [1.29, 1.82) is 0 Å². The lowest BCUT2D eigenvalue weighted by atomic mass is 9.95. The SMILES string of the molecule is C=CCCCCCC(CC1CCCC1)NN. The molecule has 1 saturated carbocycles. The van der Waals surface area contributed by atoms with Crippen molar-refractivity contribution < 1.29 is 0 Å². The normalized spacial score (nSPS) is 18.8. The first-order valence-electron chi connectivity index (χ1n) is 6.94. The van der Waals surface area contributed by atoms with E-state index < -0.39 is 0 Å². The molecule has 0 heterocycles. The molecule has 0 bridgehead atoms. The van der Waals surface area contributed by atoms with Crippen LogP contribution in [0.1, 0.15) is 64.2 Å². The maximum absolute atomic E-state index is 5.63. The van der Waals surface area contributed by atoms with Crippen LogP contribution in [0.3, 0.4) is 0 Å². The summed E-state index contributed by atoms with van der Waals surface area (Å²) in [5.74, 6) is 6.56. The molecule has 94 valence electrons. The zero-order valence-electron chi connectivity index (χ0n) is 10.6. The van der Waals surface area contributed by atoms with Gasteiger partial charge in [0.2, 0.25) is 0 Å². The summed E-state index contributed by atoms with van der Waals surface area (Å²) in [5, 5.41) is 0. The average Bonchev–Trinajstić information content (AvgIpc) is 2.80. The molecule has 0 aromatic carbocycles. The second kappa shape index (κ2) is 8.77. The van der Waals surface area contributed by atoms with Crippen LogP contribution in [0.2, 0.25) is 0 Å². The van der Waals surface area contributed by atoms with Crippen molar-refractivity contribution in [3.63, 3.8) is 0 Å². The second-order valence-electron chi connectivity index (χ2n) is 5.18. The summed E-state index contributed by atoms with van der Waals surface area (Å²) in [4.78, 5) is 0. The maximum Gasteiger partial charge on any atom is 0.0213 e. The van der Waals surface area contributed by atoms with Gasteiger partial charge in [-0.05, 0) is 31.6 Å². The van der Waals surface area contributed by atoms with Gasteiger partial charge in [0, 0.05) is 6.04 Å². The molecule has 2 heteroatoms. The summed E-state index contributed by atoms with van der Waals surface area (Å²) in [6.45, 7) is 3.75. The van der Waals surface area contributed by atoms with Crippen molar-refractivity contribution in [3.05, 3.63) is 12.7 Å². The molecule has 3 N–H and O–H groups in total. The number of hydrazine groups is 1. The Hall–Kier alpha value is -0.340. The average molecular weight is 224 g/mol. The van der Waals surface area contributed by atoms with E-state index in [-0.39, 0.29) is 0 Å². The van der Waals surface area contributed by atoms with E-state index in [0.29, 0.717) is 6.04 Å². The Labute approximate surface area is 101 Å². The number of nitrogens with one attached hydrogen (secondary N) is 1. The summed E-state index contributed by atoms with van der Waals surface area (Å²) in [5.41, 5.74) is 3.00.